The minimum absolute atomic E-state index is 0.197. The first kappa shape index (κ1) is 23.7. The average molecular weight is 494 g/mol. The van der Waals surface area contributed by atoms with Crippen molar-refractivity contribution >= 4 is 28.1 Å². The average Bonchev–Trinajstić information content (AvgIpc) is 3.65. The summed E-state index contributed by atoms with van der Waals surface area (Å²) in [6.45, 7) is 6.91. The number of aromatic nitrogens is 2. The Balaban J connectivity index is 1.18. The molecule has 2 N–H and O–H groups in total. The van der Waals surface area contributed by atoms with Gasteiger partial charge in [0.05, 0.1) is 19.8 Å². The lowest BCUT2D eigenvalue weighted by Gasteiger charge is -2.26. The van der Waals surface area contributed by atoms with E-state index in [0.717, 1.165) is 57.9 Å². The molecule has 0 bridgehead atoms. The summed E-state index contributed by atoms with van der Waals surface area (Å²) in [5.74, 6) is 0.357. The Labute approximate surface area is 208 Å². The Morgan fingerprint density at radius 3 is 2.91 bits per heavy atom. The SMILES string of the molecule is O=C(NCCN1CCOCC1)c1coc(CN(CCc2c[nH]c3ccccc23)Cc2cccs2)n1. The number of amides is 1. The Hall–Kier alpha value is -2.98. The van der Waals surface area contributed by atoms with Crippen molar-refractivity contribution in [2.24, 2.45) is 0 Å². The maximum Gasteiger partial charge on any atom is 0.273 e. The van der Waals surface area contributed by atoms with E-state index in [9.17, 15) is 4.79 Å². The molecule has 1 amide bonds. The van der Waals surface area contributed by atoms with Crippen molar-refractivity contribution in [1.82, 2.24) is 25.1 Å². The second kappa shape index (κ2) is 11.6. The van der Waals surface area contributed by atoms with Crippen LogP contribution in [0.1, 0.15) is 26.8 Å². The second-order valence-corrected chi connectivity index (χ2v) is 9.77. The van der Waals surface area contributed by atoms with Gasteiger partial charge in [0, 0.05) is 61.2 Å². The van der Waals surface area contributed by atoms with Gasteiger partial charge in [-0.15, -0.1) is 11.3 Å². The summed E-state index contributed by atoms with van der Waals surface area (Å²) in [5, 5.41) is 6.31. The number of fused-ring (bicyclic) bond motifs is 1. The molecule has 1 aliphatic rings. The lowest BCUT2D eigenvalue weighted by molar-refractivity contribution is 0.0383. The van der Waals surface area contributed by atoms with Gasteiger partial charge < -0.3 is 19.5 Å². The first-order valence-electron chi connectivity index (χ1n) is 12.1. The number of ether oxygens (including phenoxy) is 1. The number of morpholine rings is 1. The number of benzene rings is 1. The molecule has 0 aliphatic carbocycles. The third kappa shape index (κ3) is 6.37. The predicted molar refractivity (Wildman–Crippen MR) is 137 cm³/mol. The van der Waals surface area contributed by atoms with E-state index < -0.39 is 0 Å². The monoisotopic (exact) mass is 493 g/mol. The van der Waals surface area contributed by atoms with Crippen LogP contribution in [-0.4, -0.2) is 71.6 Å². The molecule has 1 saturated heterocycles. The van der Waals surface area contributed by atoms with Crippen molar-refractivity contribution in [1.29, 1.82) is 0 Å². The van der Waals surface area contributed by atoms with Crippen LogP contribution in [0.25, 0.3) is 10.9 Å². The summed E-state index contributed by atoms with van der Waals surface area (Å²) in [4.78, 5) is 26.3. The zero-order valence-corrected chi connectivity index (χ0v) is 20.6. The Kier molecular flexibility index (Phi) is 7.89. The van der Waals surface area contributed by atoms with E-state index >= 15 is 0 Å². The van der Waals surface area contributed by atoms with Gasteiger partial charge >= 0.3 is 0 Å². The summed E-state index contributed by atoms with van der Waals surface area (Å²) in [5.41, 5.74) is 2.78. The lowest BCUT2D eigenvalue weighted by atomic mass is 10.1. The molecule has 184 valence electrons. The van der Waals surface area contributed by atoms with Crippen LogP contribution >= 0.6 is 11.3 Å². The fourth-order valence-corrected chi connectivity index (χ4v) is 5.12. The van der Waals surface area contributed by atoms with E-state index in [4.69, 9.17) is 9.15 Å². The number of hydrogen-bond donors (Lipinski definition) is 2. The molecule has 9 heteroatoms. The largest absolute Gasteiger partial charge is 0.447 e. The quantitative estimate of drug-likeness (QED) is 0.333. The van der Waals surface area contributed by atoms with Gasteiger partial charge in [0.25, 0.3) is 5.91 Å². The number of thiophene rings is 1. The number of oxazole rings is 1. The number of rotatable bonds is 11. The van der Waals surface area contributed by atoms with E-state index in [2.05, 4.69) is 67.0 Å². The van der Waals surface area contributed by atoms with Crippen LogP contribution in [0.5, 0.6) is 0 Å². The van der Waals surface area contributed by atoms with E-state index in [1.165, 1.54) is 22.1 Å². The first-order valence-corrected chi connectivity index (χ1v) is 12.9. The molecule has 0 spiro atoms. The van der Waals surface area contributed by atoms with Gasteiger partial charge in [-0.05, 0) is 29.5 Å². The Morgan fingerprint density at radius 2 is 2.06 bits per heavy atom. The molecule has 35 heavy (non-hydrogen) atoms. The van der Waals surface area contributed by atoms with Crippen LogP contribution in [-0.2, 0) is 24.2 Å². The molecule has 1 aromatic carbocycles. The maximum atomic E-state index is 12.6. The standard InChI is InChI=1S/C26H31N5O3S/c32-26(27-8-10-30-11-13-33-14-12-30)24-19-34-25(29-24)18-31(17-21-4-3-15-35-21)9-7-20-16-28-23-6-2-1-5-22(20)23/h1-6,15-16,19,28H,7-14,17-18H2,(H,27,32). The number of nitrogens with one attached hydrogen (secondary N) is 2. The van der Waals surface area contributed by atoms with Crippen LogP contribution < -0.4 is 5.32 Å². The fraction of sp³-hybridized carbons (Fsp3) is 0.385. The lowest BCUT2D eigenvalue weighted by Crippen LogP contribution is -2.41. The van der Waals surface area contributed by atoms with Gasteiger partial charge in [-0.25, -0.2) is 4.98 Å². The van der Waals surface area contributed by atoms with E-state index in [1.54, 1.807) is 11.3 Å². The topological polar surface area (TPSA) is 86.6 Å². The van der Waals surface area contributed by atoms with E-state index in [-0.39, 0.29) is 5.91 Å². The molecule has 0 radical (unpaired) electrons. The molecule has 4 aromatic rings. The van der Waals surface area contributed by atoms with Crippen molar-refractivity contribution in [3.05, 3.63) is 76.3 Å². The molecule has 4 heterocycles. The van der Waals surface area contributed by atoms with E-state index in [1.807, 2.05) is 6.07 Å². The summed E-state index contributed by atoms with van der Waals surface area (Å²) in [6.07, 6.45) is 4.46. The van der Waals surface area contributed by atoms with Crippen molar-refractivity contribution in [2.75, 3.05) is 45.9 Å². The summed E-state index contributed by atoms with van der Waals surface area (Å²) in [6, 6.07) is 12.6. The number of H-pyrrole nitrogens is 1. The van der Waals surface area contributed by atoms with Crippen LogP contribution in [0, 0.1) is 0 Å². The Morgan fingerprint density at radius 1 is 1.17 bits per heavy atom. The number of aromatic amines is 1. The normalized spacial score (nSPS) is 14.7. The van der Waals surface area contributed by atoms with Crippen molar-refractivity contribution in [2.45, 2.75) is 19.5 Å². The van der Waals surface area contributed by atoms with E-state index in [0.29, 0.717) is 24.7 Å². The molecule has 3 aromatic heterocycles. The third-order valence-electron chi connectivity index (χ3n) is 6.29. The molecule has 1 fully saturated rings. The maximum absolute atomic E-state index is 12.6. The highest BCUT2D eigenvalue weighted by molar-refractivity contribution is 7.09. The second-order valence-electron chi connectivity index (χ2n) is 8.74. The van der Waals surface area contributed by atoms with Crippen molar-refractivity contribution in [3.63, 3.8) is 0 Å². The number of carbonyl (C=O) groups is 1. The van der Waals surface area contributed by atoms with Crippen molar-refractivity contribution in [3.8, 4) is 0 Å². The zero-order valence-electron chi connectivity index (χ0n) is 19.7. The third-order valence-corrected chi connectivity index (χ3v) is 7.15. The molecular weight excluding hydrogens is 462 g/mol. The van der Waals surface area contributed by atoms with Crippen molar-refractivity contribution < 1.29 is 13.9 Å². The van der Waals surface area contributed by atoms with Crippen LogP contribution in [0.4, 0.5) is 0 Å². The minimum Gasteiger partial charge on any atom is -0.447 e. The molecule has 0 saturated carbocycles. The molecule has 1 aliphatic heterocycles. The number of carbonyl (C=O) groups excluding carboxylic acids is 1. The minimum atomic E-state index is -0.197. The number of nitrogens with zero attached hydrogens (tertiary/aromatic N) is 3. The smallest absolute Gasteiger partial charge is 0.273 e. The summed E-state index contributed by atoms with van der Waals surface area (Å²) < 4.78 is 11.1. The van der Waals surface area contributed by atoms with Crippen LogP contribution in [0.15, 0.2) is 58.7 Å². The summed E-state index contributed by atoms with van der Waals surface area (Å²) in [7, 11) is 0. The first-order chi connectivity index (χ1) is 17.2. The molecule has 0 unspecified atom stereocenters. The predicted octanol–water partition coefficient (Wildman–Crippen LogP) is 3.52. The van der Waals surface area contributed by atoms with Gasteiger partial charge in [-0.3, -0.25) is 14.6 Å². The van der Waals surface area contributed by atoms with Gasteiger partial charge in [-0.1, -0.05) is 24.3 Å². The molecular formula is C26H31N5O3S. The molecule has 8 nitrogen and oxygen atoms in total. The number of para-hydroxylation sites is 1. The van der Waals surface area contributed by atoms with Gasteiger partial charge in [-0.2, -0.15) is 0 Å². The highest BCUT2D eigenvalue weighted by Gasteiger charge is 2.17. The fourth-order valence-electron chi connectivity index (χ4n) is 4.38. The highest BCUT2D eigenvalue weighted by atomic mass is 32.1. The molecule has 0 atom stereocenters. The zero-order chi connectivity index (χ0) is 23.9. The highest BCUT2D eigenvalue weighted by Crippen LogP contribution is 2.20. The summed E-state index contributed by atoms with van der Waals surface area (Å²) >= 11 is 1.74. The number of hydrogen-bond acceptors (Lipinski definition) is 7. The Bertz CT molecular complexity index is 1210. The van der Waals surface area contributed by atoms with Crippen LogP contribution in [0.3, 0.4) is 0 Å². The van der Waals surface area contributed by atoms with Gasteiger partial charge in [0.15, 0.2) is 5.69 Å². The van der Waals surface area contributed by atoms with Gasteiger partial charge in [0.2, 0.25) is 5.89 Å². The molecule has 5 rings (SSSR count). The van der Waals surface area contributed by atoms with Gasteiger partial charge in [0.1, 0.15) is 6.26 Å². The van der Waals surface area contributed by atoms with Crippen LogP contribution in [0.2, 0.25) is 0 Å².